The zero-order chi connectivity index (χ0) is 25.5. The first kappa shape index (κ1) is 26.3. The molecule has 0 fully saturated rings. The minimum Gasteiger partial charge on any atom is -0.497 e. The summed E-state index contributed by atoms with van der Waals surface area (Å²) in [5.74, 6) is 1.34. The number of amides is 2. The van der Waals surface area contributed by atoms with E-state index in [9.17, 15) is 9.59 Å². The SMILES string of the molecule is CCn1c(SCC(=O)Nc2ccc(C)c(C)c2)nnc1[C@@H](NC(=O)c1ccc(OC)cc1)C(C)C. The van der Waals surface area contributed by atoms with Gasteiger partial charge in [-0.2, -0.15) is 0 Å². The number of nitrogens with zero attached hydrogens (tertiary/aromatic N) is 3. The molecule has 3 rings (SSSR count). The van der Waals surface area contributed by atoms with E-state index in [1.54, 1.807) is 31.4 Å². The lowest BCUT2D eigenvalue weighted by Crippen LogP contribution is -2.33. The van der Waals surface area contributed by atoms with Crippen molar-refractivity contribution in [2.24, 2.45) is 5.92 Å². The van der Waals surface area contributed by atoms with E-state index < -0.39 is 0 Å². The fourth-order valence-electron chi connectivity index (χ4n) is 3.58. The van der Waals surface area contributed by atoms with Crippen LogP contribution in [0.15, 0.2) is 47.6 Å². The summed E-state index contributed by atoms with van der Waals surface area (Å²) >= 11 is 1.33. The average Bonchev–Trinajstić information content (AvgIpc) is 3.25. The summed E-state index contributed by atoms with van der Waals surface area (Å²) < 4.78 is 7.12. The first-order chi connectivity index (χ1) is 16.7. The topological polar surface area (TPSA) is 98.1 Å². The van der Waals surface area contributed by atoms with Crippen molar-refractivity contribution in [2.45, 2.75) is 52.4 Å². The maximum atomic E-state index is 12.9. The Morgan fingerprint density at radius 3 is 2.37 bits per heavy atom. The first-order valence-corrected chi connectivity index (χ1v) is 12.6. The highest BCUT2D eigenvalue weighted by atomic mass is 32.2. The van der Waals surface area contributed by atoms with Crippen LogP contribution in [0.2, 0.25) is 0 Å². The summed E-state index contributed by atoms with van der Waals surface area (Å²) in [6.45, 7) is 10.7. The average molecular weight is 496 g/mol. The summed E-state index contributed by atoms with van der Waals surface area (Å²) in [7, 11) is 1.59. The zero-order valence-electron chi connectivity index (χ0n) is 21.1. The van der Waals surface area contributed by atoms with Crippen molar-refractivity contribution in [3.05, 3.63) is 65.0 Å². The summed E-state index contributed by atoms with van der Waals surface area (Å²) in [6, 6.07) is 12.5. The molecule has 8 nitrogen and oxygen atoms in total. The predicted octanol–water partition coefficient (Wildman–Crippen LogP) is 4.78. The van der Waals surface area contributed by atoms with Crippen LogP contribution in [0.1, 0.15) is 54.1 Å². The van der Waals surface area contributed by atoms with Gasteiger partial charge in [0.2, 0.25) is 5.91 Å². The van der Waals surface area contributed by atoms with Gasteiger partial charge in [-0.3, -0.25) is 9.59 Å². The smallest absolute Gasteiger partial charge is 0.251 e. The van der Waals surface area contributed by atoms with Crippen molar-refractivity contribution in [2.75, 3.05) is 18.2 Å². The molecule has 1 atom stereocenters. The molecule has 0 radical (unpaired) electrons. The Morgan fingerprint density at radius 1 is 1.06 bits per heavy atom. The van der Waals surface area contributed by atoms with Crippen LogP contribution in [-0.2, 0) is 11.3 Å². The molecule has 1 aromatic heterocycles. The third-order valence-corrected chi connectivity index (χ3v) is 6.74. The summed E-state index contributed by atoms with van der Waals surface area (Å²) in [4.78, 5) is 25.4. The second-order valence-corrected chi connectivity index (χ2v) is 9.59. The Hall–Kier alpha value is -3.33. The normalized spacial score (nSPS) is 11.9. The second-order valence-electron chi connectivity index (χ2n) is 8.64. The van der Waals surface area contributed by atoms with Crippen molar-refractivity contribution >= 4 is 29.3 Å². The van der Waals surface area contributed by atoms with E-state index in [2.05, 4.69) is 20.8 Å². The van der Waals surface area contributed by atoms with Crippen molar-refractivity contribution in [1.82, 2.24) is 20.1 Å². The maximum Gasteiger partial charge on any atom is 0.251 e. The van der Waals surface area contributed by atoms with E-state index in [0.717, 1.165) is 11.3 Å². The van der Waals surface area contributed by atoms with E-state index in [-0.39, 0.29) is 29.5 Å². The van der Waals surface area contributed by atoms with Gasteiger partial charge in [-0.15, -0.1) is 10.2 Å². The van der Waals surface area contributed by atoms with Crippen LogP contribution < -0.4 is 15.4 Å². The molecule has 1 heterocycles. The van der Waals surface area contributed by atoms with Crippen LogP contribution in [0, 0.1) is 19.8 Å². The number of hydrogen-bond donors (Lipinski definition) is 2. The number of benzene rings is 2. The molecule has 186 valence electrons. The van der Waals surface area contributed by atoms with E-state index in [1.165, 1.54) is 17.3 Å². The number of aromatic nitrogens is 3. The van der Waals surface area contributed by atoms with Crippen LogP contribution >= 0.6 is 11.8 Å². The standard InChI is InChI=1S/C26H33N5O3S/c1-7-31-24(23(16(2)3)28-25(33)19-9-12-21(34-6)13-10-19)29-30-26(31)35-15-22(32)27-20-11-8-17(4)18(5)14-20/h8-14,16,23H,7,15H2,1-6H3,(H,27,32)(H,28,33)/t23-/m0/s1. The van der Waals surface area contributed by atoms with Gasteiger partial charge in [-0.1, -0.05) is 31.7 Å². The Balaban J connectivity index is 1.70. The van der Waals surface area contributed by atoms with Gasteiger partial charge < -0.3 is 19.9 Å². The number of methoxy groups -OCH3 is 1. The highest BCUT2D eigenvalue weighted by molar-refractivity contribution is 7.99. The third-order valence-electron chi connectivity index (χ3n) is 5.77. The summed E-state index contributed by atoms with van der Waals surface area (Å²) in [6.07, 6.45) is 0. The lowest BCUT2D eigenvalue weighted by atomic mass is 10.0. The molecule has 0 saturated carbocycles. The Kier molecular flexibility index (Phi) is 8.92. The summed E-state index contributed by atoms with van der Waals surface area (Å²) in [5, 5.41) is 15.4. The Labute approximate surface area is 210 Å². The molecule has 9 heteroatoms. The van der Waals surface area contributed by atoms with Crippen molar-refractivity contribution in [3.63, 3.8) is 0 Å². The molecule has 3 aromatic rings. The van der Waals surface area contributed by atoms with Crippen LogP contribution in [-0.4, -0.2) is 39.4 Å². The first-order valence-electron chi connectivity index (χ1n) is 11.6. The largest absolute Gasteiger partial charge is 0.497 e. The van der Waals surface area contributed by atoms with Gasteiger partial charge in [0, 0.05) is 17.8 Å². The number of hydrogen-bond acceptors (Lipinski definition) is 6. The number of nitrogens with one attached hydrogen (secondary N) is 2. The highest BCUT2D eigenvalue weighted by Gasteiger charge is 2.26. The van der Waals surface area contributed by atoms with Gasteiger partial charge in [-0.05, 0) is 74.2 Å². The van der Waals surface area contributed by atoms with Gasteiger partial charge in [0.15, 0.2) is 11.0 Å². The molecule has 0 aliphatic rings. The lowest BCUT2D eigenvalue weighted by Gasteiger charge is -2.22. The van der Waals surface area contributed by atoms with Gasteiger partial charge >= 0.3 is 0 Å². The van der Waals surface area contributed by atoms with E-state index >= 15 is 0 Å². The van der Waals surface area contributed by atoms with Gasteiger partial charge in [0.25, 0.3) is 5.91 Å². The molecular formula is C26H33N5O3S. The zero-order valence-corrected chi connectivity index (χ0v) is 21.9. The van der Waals surface area contributed by atoms with Crippen LogP contribution in [0.25, 0.3) is 0 Å². The Morgan fingerprint density at radius 2 is 1.77 bits per heavy atom. The van der Waals surface area contributed by atoms with E-state index in [4.69, 9.17) is 4.74 Å². The number of thioether (sulfide) groups is 1. The lowest BCUT2D eigenvalue weighted by molar-refractivity contribution is -0.113. The maximum absolute atomic E-state index is 12.9. The number of carbonyl (C=O) groups excluding carboxylic acids is 2. The van der Waals surface area contributed by atoms with Crippen LogP contribution in [0.5, 0.6) is 5.75 Å². The predicted molar refractivity (Wildman–Crippen MR) is 139 cm³/mol. The monoisotopic (exact) mass is 495 g/mol. The fraction of sp³-hybridized carbons (Fsp3) is 0.385. The molecule has 2 aromatic carbocycles. The summed E-state index contributed by atoms with van der Waals surface area (Å²) in [5.41, 5.74) is 3.62. The van der Waals surface area contributed by atoms with Crippen LogP contribution in [0.3, 0.4) is 0 Å². The molecule has 2 N–H and O–H groups in total. The van der Waals surface area contributed by atoms with Crippen LogP contribution in [0.4, 0.5) is 5.69 Å². The fourth-order valence-corrected chi connectivity index (χ4v) is 4.39. The van der Waals surface area contributed by atoms with Gasteiger partial charge in [-0.25, -0.2) is 0 Å². The number of rotatable bonds is 10. The number of aryl methyl sites for hydroxylation is 2. The quantitative estimate of drug-likeness (QED) is 0.393. The molecule has 35 heavy (non-hydrogen) atoms. The number of anilines is 1. The van der Waals surface area contributed by atoms with Crippen molar-refractivity contribution in [1.29, 1.82) is 0 Å². The number of carbonyl (C=O) groups is 2. The molecule has 0 aliphatic heterocycles. The molecule has 2 amide bonds. The molecule has 0 aliphatic carbocycles. The molecule has 0 unspecified atom stereocenters. The van der Waals surface area contributed by atoms with E-state index in [0.29, 0.717) is 28.8 Å². The van der Waals surface area contributed by atoms with Crippen molar-refractivity contribution < 1.29 is 14.3 Å². The van der Waals surface area contributed by atoms with Gasteiger partial charge in [0.1, 0.15) is 5.75 Å². The Bertz CT molecular complexity index is 1170. The molecular weight excluding hydrogens is 462 g/mol. The molecule has 0 spiro atoms. The van der Waals surface area contributed by atoms with Crippen molar-refractivity contribution in [3.8, 4) is 5.75 Å². The molecule has 0 saturated heterocycles. The highest BCUT2D eigenvalue weighted by Crippen LogP contribution is 2.26. The minimum atomic E-state index is -0.337. The second kappa shape index (κ2) is 11.9. The number of ether oxygens (including phenoxy) is 1. The third kappa shape index (κ3) is 6.63. The van der Waals surface area contributed by atoms with E-state index in [1.807, 2.05) is 57.4 Å². The molecule has 0 bridgehead atoms. The van der Waals surface area contributed by atoms with Gasteiger partial charge in [0.05, 0.1) is 18.9 Å². The minimum absolute atomic E-state index is 0.0811.